The Morgan fingerprint density at radius 2 is 2.32 bits per heavy atom. The Labute approximate surface area is 132 Å². The van der Waals surface area contributed by atoms with Crippen LogP contribution in [-0.2, 0) is 18.3 Å². The second-order valence-electron chi connectivity index (χ2n) is 4.22. The van der Waals surface area contributed by atoms with Gasteiger partial charge in [0.15, 0.2) is 5.96 Å². The normalized spacial score (nSPS) is 12.7. The maximum atomic E-state index is 5.09. The molecule has 1 aromatic heterocycles. The summed E-state index contributed by atoms with van der Waals surface area (Å²) in [5.74, 6) is 0.797. The van der Waals surface area contributed by atoms with Crippen molar-refractivity contribution < 1.29 is 4.74 Å². The molecule has 0 aromatic carbocycles. The molecule has 19 heavy (non-hydrogen) atoms. The molecule has 1 atom stereocenters. The molecule has 0 aliphatic heterocycles. The molecule has 0 saturated heterocycles. The number of rotatable bonds is 6. The first kappa shape index (κ1) is 18.2. The van der Waals surface area contributed by atoms with Crippen molar-refractivity contribution in [2.75, 3.05) is 20.3 Å². The van der Waals surface area contributed by atoms with Gasteiger partial charge in [0, 0.05) is 38.5 Å². The largest absolute Gasteiger partial charge is 0.383 e. The van der Waals surface area contributed by atoms with E-state index in [0.717, 1.165) is 18.1 Å². The maximum absolute atomic E-state index is 5.09. The summed E-state index contributed by atoms with van der Waals surface area (Å²) < 4.78 is 6.87. The minimum atomic E-state index is 0. The van der Waals surface area contributed by atoms with Crippen LogP contribution in [0.4, 0.5) is 0 Å². The zero-order valence-corrected chi connectivity index (χ0v) is 14.3. The molecule has 1 unspecified atom stereocenters. The standard InChI is InChI=1S/C12H23N5O.HI/c1-5-13-12(16-10(2)9-18-4)14-6-11-7-15-17(3)8-11;/h7-8,10H,5-6,9H2,1-4H3,(H2,13,14,16);1H. The molecule has 1 aromatic rings. The number of halogens is 1. The van der Waals surface area contributed by atoms with Crippen LogP contribution in [0.5, 0.6) is 0 Å². The lowest BCUT2D eigenvalue weighted by molar-refractivity contribution is 0.179. The van der Waals surface area contributed by atoms with Gasteiger partial charge in [0.05, 0.1) is 19.3 Å². The number of guanidine groups is 1. The van der Waals surface area contributed by atoms with E-state index >= 15 is 0 Å². The van der Waals surface area contributed by atoms with E-state index in [1.807, 2.05) is 26.4 Å². The molecule has 110 valence electrons. The van der Waals surface area contributed by atoms with Gasteiger partial charge in [-0.1, -0.05) is 0 Å². The van der Waals surface area contributed by atoms with Crippen LogP contribution in [0.15, 0.2) is 17.4 Å². The SMILES string of the molecule is CCNC(=NCc1cnn(C)c1)NC(C)COC.I. The zero-order valence-electron chi connectivity index (χ0n) is 12.0. The second-order valence-corrected chi connectivity index (χ2v) is 4.22. The smallest absolute Gasteiger partial charge is 0.191 e. The third kappa shape index (κ3) is 7.36. The molecule has 0 bridgehead atoms. The van der Waals surface area contributed by atoms with E-state index in [1.165, 1.54) is 0 Å². The number of aryl methyl sites for hydroxylation is 1. The molecular formula is C12H24IN5O. The van der Waals surface area contributed by atoms with E-state index < -0.39 is 0 Å². The Hall–Kier alpha value is -0.830. The molecule has 0 fully saturated rings. The Kier molecular flexibility index (Phi) is 9.58. The van der Waals surface area contributed by atoms with E-state index in [1.54, 1.807) is 11.8 Å². The summed E-state index contributed by atoms with van der Waals surface area (Å²) in [6, 6.07) is 0.224. The summed E-state index contributed by atoms with van der Waals surface area (Å²) in [5.41, 5.74) is 1.09. The van der Waals surface area contributed by atoms with Gasteiger partial charge in [-0.05, 0) is 13.8 Å². The van der Waals surface area contributed by atoms with Crippen molar-refractivity contribution in [2.24, 2.45) is 12.0 Å². The number of aliphatic imine (C=N–C) groups is 1. The number of hydrogen-bond donors (Lipinski definition) is 2. The molecule has 1 rings (SSSR count). The van der Waals surface area contributed by atoms with E-state index in [9.17, 15) is 0 Å². The van der Waals surface area contributed by atoms with Crippen LogP contribution in [0.2, 0.25) is 0 Å². The van der Waals surface area contributed by atoms with Crippen LogP contribution in [-0.4, -0.2) is 42.0 Å². The van der Waals surface area contributed by atoms with Crippen molar-refractivity contribution in [1.29, 1.82) is 0 Å². The highest BCUT2D eigenvalue weighted by Gasteiger charge is 2.04. The van der Waals surface area contributed by atoms with Crippen LogP contribution in [0.25, 0.3) is 0 Å². The van der Waals surface area contributed by atoms with E-state index in [-0.39, 0.29) is 30.0 Å². The van der Waals surface area contributed by atoms with Gasteiger partial charge in [-0.3, -0.25) is 4.68 Å². The first-order valence-electron chi connectivity index (χ1n) is 6.17. The minimum Gasteiger partial charge on any atom is -0.383 e. The van der Waals surface area contributed by atoms with Crippen LogP contribution < -0.4 is 10.6 Å². The molecule has 0 aliphatic carbocycles. The molecule has 7 heteroatoms. The van der Waals surface area contributed by atoms with E-state index in [2.05, 4.69) is 27.6 Å². The molecular weight excluding hydrogens is 357 g/mol. The summed E-state index contributed by atoms with van der Waals surface area (Å²) in [6.07, 6.45) is 3.79. The molecule has 0 spiro atoms. The number of hydrogen-bond acceptors (Lipinski definition) is 3. The zero-order chi connectivity index (χ0) is 13.4. The molecule has 1 heterocycles. The number of nitrogens with one attached hydrogen (secondary N) is 2. The van der Waals surface area contributed by atoms with Crippen molar-refractivity contribution in [3.8, 4) is 0 Å². The lowest BCUT2D eigenvalue weighted by Gasteiger charge is -2.16. The fourth-order valence-electron chi connectivity index (χ4n) is 1.57. The summed E-state index contributed by atoms with van der Waals surface area (Å²) in [5, 5.41) is 10.6. The quantitative estimate of drug-likeness (QED) is 0.441. The summed E-state index contributed by atoms with van der Waals surface area (Å²) >= 11 is 0. The van der Waals surface area contributed by atoms with Crippen molar-refractivity contribution in [3.05, 3.63) is 18.0 Å². The van der Waals surface area contributed by atoms with Gasteiger partial charge in [0.2, 0.25) is 0 Å². The minimum absolute atomic E-state index is 0. The summed E-state index contributed by atoms with van der Waals surface area (Å²) in [7, 11) is 3.59. The first-order chi connectivity index (χ1) is 8.65. The number of nitrogens with zero attached hydrogens (tertiary/aromatic N) is 3. The van der Waals surface area contributed by atoms with Crippen molar-refractivity contribution in [2.45, 2.75) is 26.4 Å². The average molecular weight is 381 g/mol. The average Bonchev–Trinajstić information content (AvgIpc) is 2.73. The van der Waals surface area contributed by atoms with Gasteiger partial charge < -0.3 is 15.4 Å². The van der Waals surface area contributed by atoms with Crippen molar-refractivity contribution >= 4 is 29.9 Å². The number of aromatic nitrogens is 2. The van der Waals surface area contributed by atoms with Crippen LogP contribution in [0, 0.1) is 0 Å². The maximum Gasteiger partial charge on any atom is 0.191 e. The highest BCUT2D eigenvalue weighted by atomic mass is 127. The third-order valence-corrected chi connectivity index (χ3v) is 2.32. The number of ether oxygens (including phenoxy) is 1. The predicted molar refractivity (Wildman–Crippen MR) is 87.9 cm³/mol. The lowest BCUT2D eigenvalue weighted by Crippen LogP contribution is -2.43. The van der Waals surface area contributed by atoms with Gasteiger partial charge in [0.25, 0.3) is 0 Å². The van der Waals surface area contributed by atoms with Gasteiger partial charge in [-0.25, -0.2) is 4.99 Å². The van der Waals surface area contributed by atoms with Crippen molar-refractivity contribution in [3.63, 3.8) is 0 Å². The Morgan fingerprint density at radius 3 is 2.84 bits per heavy atom. The Bertz CT molecular complexity index is 380. The van der Waals surface area contributed by atoms with E-state index in [0.29, 0.717) is 13.2 Å². The topological polar surface area (TPSA) is 63.5 Å². The molecule has 0 amide bonds. The van der Waals surface area contributed by atoms with Gasteiger partial charge in [0.1, 0.15) is 0 Å². The monoisotopic (exact) mass is 381 g/mol. The van der Waals surface area contributed by atoms with Gasteiger partial charge in [-0.2, -0.15) is 5.10 Å². The molecule has 0 radical (unpaired) electrons. The van der Waals surface area contributed by atoms with Crippen LogP contribution in [0.3, 0.4) is 0 Å². The highest BCUT2D eigenvalue weighted by molar-refractivity contribution is 14.0. The fourth-order valence-corrected chi connectivity index (χ4v) is 1.57. The number of methoxy groups -OCH3 is 1. The predicted octanol–water partition coefficient (Wildman–Crippen LogP) is 1.13. The fraction of sp³-hybridized carbons (Fsp3) is 0.667. The molecule has 6 nitrogen and oxygen atoms in total. The Balaban J connectivity index is 0.00000324. The van der Waals surface area contributed by atoms with Gasteiger partial charge >= 0.3 is 0 Å². The van der Waals surface area contributed by atoms with E-state index in [4.69, 9.17) is 4.74 Å². The van der Waals surface area contributed by atoms with Gasteiger partial charge in [-0.15, -0.1) is 24.0 Å². The molecule has 0 saturated carbocycles. The second kappa shape index (κ2) is 10.0. The van der Waals surface area contributed by atoms with Crippen LogP contribution in [0.1, 0.15) is 19.4 Å². The molecule has 2 N–H and O–H groups in total. The summed E-state index contributed by atoms with van der Waals surface area (Å²) in [4.78, 5) is 4.50. The molecule has 0 aliphatic rings. The lowest BCUT2D eigenvalue weighted by atomic mass is 10.3. The third-order valence-electron chi connectivity index (χ3n) is 2.32. The highest BCUT2D eigenvalue weighted by Crippen LogP contribution is 1.98. The Morgan fingerprint density at radius 1 is 1.58 bits per heavy atom. The first-order valence-corrected chi connectivity index (χ1v) is 6.17. The summed E-state index contributed by atoms with van der Waals surface area (Å²) in [6.45, 7) is 6.20. The van der Waals surface area contributed by atoms with Crippen LogP contribution >= 0.6 is 24.0 Å². The van der Waals surface area contributed by atoms with Crippen molar-refractivity contribution in [1.82, 2.24) is 20.4 Å².